The molecule has 0 aromatic heterocycles. The van der Waals surface area contributed by atoms with Crippen LogP contribution in [0.1, 0.15) is 5.56 Å². The second-order valence-corrected chi connectivity index (χ2v) is 8.02. The van der Waals surface area contributed by atoms with Crippen molar-refractivity contribution in [2.45, 2.75) is 11.8 Å². The van der Waals surface area contributed by atoms with Gasteiger partial charge in [0, 0.05) is 5.92 Å². The SMILES string of the molecule is Cc1ccc(S(=O)(=O)OCC2COCCOCCOCCOCCOC2)cc1. The van der Waals surface area contributed by atoms with Crippen LogP contribution < -0.4 is 0 Å². The van der Waals surface area contributed by atoms with Crippen LogP contribution in [0, 0.1) is 12.8 Å². The molecule has 0 bridgehead atoms. The van der Waals surface area contributed by atoms with Crippen molar-refractivity contribution in [2.24, 2.45) is 5.92 Å². The number of hydrogen-bond donors (Lipinski definition) is 0. The first kappa shape index (κ1) is 23.2. The third-order valence-corrected chi connectivity index (χ3v) is 5.26. The summed E-state index contributed by atoms with van der Waals surface area (Å²) in [6.45, 7) is 6.19. The molecule has 0 saturated carbocycles. The van der Waals surface area contributed by atoms with Crippen LogP contribution in [0.5, 0.6) is 0 Å². The van der Waals surface area contributed by atoms with Gasteiger partial charge in [-0.3, -0.25) is 4.18 Å². The van der Waals surface area contributed by atoms with Gasteiger partial charge in [-0.25, -0.2) is 0 Å². The Kier molecular flexibility index (Phi) is 10.9. The lowest BCUT2D eigenvalue weighted by molar-refractivity contribution is -0.0378. The molecule has 1 aromatic carbocycles. The van der Waals surface area contributed by atoms with Crippen LogP contribution in [0.2, 0.25) is 0 Å². The molecule has 0 N–H and O–H groups in total. The van der Waals surface area contributed by atoms with E-state index in [1.807, 2.05) is 6.92 Å². The van der Waals surface area contributed by atoms with Crippen molar-refractivity contribution in [3.8, 4) is 0 Å². The molecule has 0 amide bonds. The van der Waals surface area contributed by atoms with Gasteiger partial charge in [-0.1, -0.05) is 17.7 Å². The third-order valence-electron chi connectivity index (χ3n) is 3.96. The molecule has 8 nitrogen and oxygen atoms in total. The summed E-state index contributed by atoms with van der Waals surface area (Å²) in [6.07, 6.45) is 0. The normalized spacial score (nSPS) is 20.0. The standard InChI is InChI=1S/C19H30O8S/c1-17-2-4-19(5-3-17)28(20,21)27-16-18-14-25-12-10-23-8-6-22-7-9-24-11-13-26-15-18/h2-5,18H,6-16H2,1H3. The average molecular weight is 419 g/mol. The smallest absolute Gasteiger partial charge is 0.296 e. The minimum Gasteiger partial charge on any atom is -0.379 e. The first-order valence-electron chi connectivity index (χ1n) is 9.43. The molecule has 1 aliphatic rings. The van der Waals surface area contributed by atoms with Gasteiger partial charge in [-0.15, -0.1) is 0 Å². The molecule has 28 heavy (non-hydrogen) atoms. The van der Waals surface area contributed by atoms with Crippen LogP contribution in [-0.4, -0.2) is 81.1 Å². The Morgan fingerprint density at radius 3 is 1.68 bits per heavy atom. The van der Waals surface area contributed by atoms with Gasteiger partial charge in [0.2, 0.25) is 0 Å². The van der Waals surface area contributed by atoms with Crippen molar-refractivity contribution in [1.29, 1.82) is 0 Å². The van der Waals surface area contributed by atoms with Gasteiger partial charge in [0.05, 0.1) is 77.6 Å². The van der Waals surface area contributed by atoms with Gasteiger partial charge in [0.15, 0.2) is 0 Å². The van der Waals surface area contributed by atoms with E-state index in [-0.39, 0.29) is 17.4 Å². The lowest BCUT2D eigenvalue weighted by atomic mass is 10.2. The van der Waals surface area contributed by atoms with Crippen molar-refractivity contribution in [2.75, 3.05) is 72.7 Å². The lowest BCUT2D eigenvalue weighted by Gasteiger charge is -2.18. The Hall–Kier alpha value is -1.07. The maximum absolute atomic E-state index is 12.4. The van der Waals surface area contributed by atoms with Crippen LogP contribution >= 0.6 is 0 Å². The lowest BCUT2D eigenvalue weighted by Crippen LogP contribution is -2.25. The first-order chi connectivity index (χ1) is 13.6. The van der Waals surface area contributed by atoms with Crippen LogP contribution in [0.25, 0.3) is 0 Å². The zero-order valence-electron chi connectivity index (χ0n) is 16.3. The maximum Gasteiger partial charge on any atom is 0.296 e. The van der Waals surface area contributed by atoms with Gasteiger partial charge >= 0.3 is 0 Å². The number of benzene rings is 1. The van der Waals surface area contributed by atoms with Gasteiger partial charge in [0.25, 0.3) is 10.1 Å². The molecule has 2 rings (SSSR count). The predicted molar refractivity (Wildman–Crippen MR) is 102 cm³/mol. The van der Waals surface area contributed by atoms with Crippen LogP contribution in [0.4, 0.5) is 0 Å². The molecule has 1 saturated heterocycles. The molecule has 0 aliphatic carbocycles. The van der Waals surface area contributed by atoms with E-state index in [1.54, 1.807) is 12.1 Å². The average Bonchev–Trinajstić information content (AvgIpc) is 2.67. The fraction of sp³-hybridized carbons (Fsp3) is 0.684. The van der Waals surface area contributed by atoms with Crippen LogP contribution in [-0.2, 0) is 38.0 Å². The molecule has 1 fully saturated rings. The van der Waals surface area contributed by atoms with E-state index < -0.39 is 10.1 Å². The summed E-state index contributed by atoms with van der Waals surface area (Å²) in [7, 11) is -3.82. The molecule has 0 spiro atoms. The van der Waals surface area contributed by atoms with Crippen molar-refractivity contribution in [1.82, 2.24) is 0 Å². The molecule has 1 heterocycles. The van der Waals surface area contributed by atoms with E-state index >= 15 is 0 Å². The first-order valence-corrected chi connectivity index (χ1v) is 10.8. The Bertz CT molecular complexity index is 616. The maximum atomic E-state index is 12.4. The molecule has 0 atom stereocenters. The van der Waals surface area contributed by atoms with Gasteiger partial charge < -0.3 is 23.7 Å². The number of ether oxygens (including phenoxy) is 5. The van der Waals surface area contributed by atoms with Crippen molar-refractivity contribution < 1.29 is 36.3 Å². The fourth-order valence-corrected chi connectivity index (χ4v) is 3.36. The molecule has 160 valence electrons. The molecule has 1 aliphatic heterocycles. The summed E-state index contributed by atoms with van der Waals surface area (Å²) in [5, 5.41) is 0. The summed E-state index contributed by atoms with van der Waals surface area (Å²) < 4.78 is 57.3. The van der Waals surface area contributed by atoms with Gasteiger partial charge in [-0.05, 0) is 19.1 Å². The fourth-order valence-electron chi connectivity index (χ4n) is 2.38. The summed E-state index contributed by atoms with van der Waals surface area (Å²) in [6, 6.07) is 6.55. The number of rotatable bonds is 4. The van der Waals surface area contributed by atoms with Crippen molar-refractivity contribution in [3.05, 3.63) is 29.8 Å². The van der Waals surface area contributed by atoms with Crippen LogP contribution in [0.3, 0.4) is 0 Å². The zero-order valence-corrected chi connectivity index (χ0v) is 17.2. The quantitative estimate of drug-likeness (QED) is 0.678. The second kappa shape index (κ2) is 13.2. The molecule has 0 unspecified atom stereocenters. The van der Waals surface area contributed by atoms with E-state index in [1.165, 1.54) is 12.1 Å². The summed E-state index contributed by atoms with van der Waals surface area (Å²) in [5.74, 6) is -0.225. The van der Waals surface area contributed by atoms with E-state index in [9.17, 15) is 8.42 Å². The summed E-state index contributed by atoms with van der Waals surface area (Å²) in [5.41, 5.74) is 0.981. The molecular formula is C19H30O8S. The predicted octanol–water partition coefficient (Wildman–Crippen LogP) is 1.41. The van der Waals surface area contributed by atoms with E-state index in [2.05, 4.69) is 0 Å². The highest BCUT2D eigenvalue weighted by atomic mass is 32.2. The van der Waals surface area contributed by atoms with E-state index in [4.69, 9.17) is 27.9 Å². The topological polar surface area (TPSA) is 89.5 Å². The number of aryl methyl sites for hydroxylation is 1. The Labute approximate surface area is 167 Å². The van der Waals surface area contributed by atoms with Gasteiger partial charge in [-0.2, -0.15) is 8.42 Å². The largest absolute Gasteiger partial charge is 0.379 e. The number of hydrogen-bond acceptors (Lipinski definition) is 8. The van der Waals surface area contributed by atoms with Crippen molar-refractivity contribution in [3.63, 3.8) is 0 Å². The molecular weight excluding hydrogens is 388 g/mol. The third kappa shape index (κ3) is 9.42. The molecule has 1 aromatic rings. The second-order valence-electron chi connectivity index (χ2n) is 6.40. The molecule has 0 radical (unpaired) electrons. The highest BCUT2D eigenvalue weighted by Gasteiger charge is 2.19. The molecule has 9 heteroatoms. The summed E-state index contributed by atoms with van der Waals surface area (Å²) >= 11 is 0. The Balaban J connectivity index is 1.83. The van der Waals surface area contributed by atoms with Crippen molar-refractivity contribution >= 4 is 10.1 Å². The van der Waals surface area contributed by atoms with Crippen LogP contribution in [0.15, 0.2) is 29.2 Å². The highest BCUT2D eigenvalue weighted by molar-refractivity contribution is 7.86. The van der Waals surface area contributed by atoms with Gasteiger partial charge in [0.1, 0.15) is 0 Å². The minimum atomic E-state index is -3.82. The summed E-state index contributed by atoms with van der Waals surface area (Å²) in [4.78, 5) is 0.136. The van der Waals surface area contributed by atoms with E-state index in [0.717, 1.165) is 5.56 Å². The minimum absolute atomic E-state index is 0.0221. The Morgan fingerprint density at radius 1 is 0.786 bits per heavy atom. The Morgan fingerprint density at radius 2 is 1.21 bits per heavy atom. The highest BCUT2D eigenvalue weighted by Crippen LogP contribution is 2.15. The monoisotopic (exact) mass is 418 g/mol. The van der Waals surface area contributed by atoms with E-state index in [0.29, 0.717) is 66.1 Å². The zero-order chi connectivity index (χ0) is 20.1.